The molecule has 1 atom stereocenters. The van der Waals surface area contributed by atoms with Crippen molar-refractivity contribution in [2.45, 2.75) is 13.0 Å². The Morgan fingerprint density at radius 2 is 2.13 bits per heavy atom. The van der Waals surface area contributed by atoms with Crippen LogP contribution in [0.25, 0.3) is 0 Å². The Morgan fingerprint density at radius 1 is 1.40 bits per heavy atom. The Bertz CT molecular complexity index is 310. The third kappa shape index (κ3) is 2.49. The lowest BCUT2D eigenvalue weighted by molar-refractivity contribution is 0.235. The number of rotatable bonds is 2. The van der Waals surface area contributed by atoms with E-state index in [-0.39, 0.29) is 12.6 Å². The van der Waals surface area contributed by atoms with Crippen molar-refractivity contribution in [2.24, 2.45) is 0 Å². The molecule has 1 heterocycles. The second kappa shape index (κ2) is 4.64. The highest BCUT2D eigenvalue weighted by molar-refractivity contribution is 5.48. The van der Waals surface area contributed by atoms with E-state index in [1.165, 1.54) is 11.3 Å². The quantitative estimate of drug-likeness (QED) is 0.750. The predicted octanol–water partition coefficient (Wildman–Crippen LogP) is 0.766. The van der Waals surface area contributed by atoms with Crippen LogP contribution in [0.15, 0.2) is 24.3 Å². The van der Waals surface area contributed by atoms with Crippen LogP contribution in [0.3, 0.4) is 0 Å². The molecule has 1 unspecified atom stereocenters. The van der Waals surface area contributed by atoms with E-state index < -0.39 is 0 Å². The Hall–Kier alpha value is -1.06. The summed E-state index contributed by atoms with van der Waals surface area (Å²) in [5.74, 6) is 0. The molecule has 82 valence electrons. The third-order valence-corrected chi connectivity index (χ3v) is 2.88. The van der Waals surface area contributed by atoms with Gasteiger partial charge in [0.05, 0.1) is 6.61 Å². The Labute approximate surface area is 90.7 Å². The maximum absolute atomic E-state index is 9.11. The zero-order valence-corrected chi connectivity index (χ0v) is 9.11. The molecule has 2 N–H and O–H groups in total. The van der Waals surface area contributed by atoms with Crippen molar-refractivity contribution in [3.63, 3.8) is 0 Å². The lowest BCUT2D eigenvalue weighted by atomic mass is 10.1. The second-order valence-electron chi connectivity index (χ2n) is 4.12. The number of hydrogen-bond acceptors (Lipinski definition) is 3. The van der Waals surface area contributed by atoms with Crippen LogP contribution >= 0.6 is 0 Å². The van der Waals surface area contributed by atoms with E-state index in [9.17, 15) is 0 Å². The molecule has 0 amide bonds. The molecule has 3 nitrogen and oxygen atoms in total. The van der Waals surface area contributed by atoms with Crippen molar-refractivity contribution in [1.29, 1.82) is 0 Å². The molecule has 1 aromatic rings. The van der Waals surface area contributed by atoms with Crippen LogP contribution in [0.4, 0.5) is 5.69 Å². The fourth-order valence-electron chi connectivity index (χ4n) is 1.94. The number of nitrogens with zero attached hydrogens (tertiary/aromatic N) is 1. The average Bonchev–Trinajstić information content (AvgIpc) is 2.30. The van der Waals surface area contributed by atoms with Crippen molar-refractivity contribution in [3.8, 4) is 0 Å². The number of aryl methyl sites for hydroxylation is 1. The lowest BCUT2D eigenvalue weighted by Gasteiger charge is -2.34. The number of hydrogen-bond donors (Lipinski definition) is 2. The first-order valence-electron chi connectivity index (χ1n) is 5.45. The van der Waals surface area contributed by atoms with E-state index in [0.29, 0.717) is 0 Å². The van der Waals surface area contributed by atoms with Gasteiger partial charge in [0, 0.05) is 31.4 Å². The van der Waals surface area contributed by atoms with Crippen molar-refractivity contribution >= 4 is 5.69 Å². The second-order valence-corrected chi connectivity index (χ2v) is 4.12. The molecule has 1 aliphatic rings. The summed E-state index contributed by atoms with van der Waals surface area (Å²) in [4.78, 5) is 2.32. The number of benzene rings is 1. The standard InChI is InChI=1S/C12H18N2O/c1-10-2-4-12(5-3-10)14-7-6-13-11(8-14)9-15/h2-5,11,13,15H,6-9H2,1H3. The van der Waals surface area contributed by atoms with E-state index in [2.05, 4.69) is 41.4 Å². The average molecular weight is 206 g/mol. The van der Waals surface area contributed by atoms with Crippen LogP contribution in [0.1, 0.15) is 5.56 Å². The molecule has 1 aliphatic heterocycles. The van der Waals surface area contributed by atoms with Crippen LogP contribution in [-0.2, 0) is 0 Å². The Kier molecular flexibility index (Phi) is 3.23. The van der Waals surface area contributed by atoms with Gasteiger partial charge in [0.25, 0.3) is 0 Å². The van der Waals surface area contributed by atoms with Crippen LogP contribution < -0.4 is 10.2 Å². The topological polar surface area (TPSA) is 35.5 Å². The summed E-state index contributed by atoms with van der Waals surface area (Å²) in [6, 6.07) is 8.76. The Morgan fingerprint density at radius 3 is 2.80 bits per heavy atom. The van der Waals surface area contributed by atoms with Crippen LogP contribution in [0, 0.1) is 6.92 Å². The Balaban J connectivity index is 2.06. The first kappa shape index (κ1) is 10.5. The van der Waals surface area contributed by atoms with E-state index in [1.54, 1.807) is 0 Å². The monoisotopic (exact) mass is 206 g/mol. The summed E-state index contributed by atoms with van der Waals surface area (Å²) >= 11 is 0. The summed E-state index contributed by atoms with van der Waals surface area (Å²) in [6.07, 6.45) is 0. The zero-order chi connectivity index (χ0) is 10.7. The number of aliphatic hydroxyl groups excluding tert-OH is 1. The van der Waals surface area contributed by atoms with Gasteiger partial charge in [-0.25, -0.2) is 0 Å². The minimum atomic E-state index is 0.208. The van der Waals surface area contributed by atoms with Crippen molar-refractivity contribution in [3.05, 3.63) is 29.8 Å². The van der Waals surface area contributed by atoms with Gasteiger partial charge in [-0.1, -0.05) is 17.7 Å². The van der Waals surface area contributed by atoms with E-state index in [4.69, 9.17) is 5.11 Å². The van der Waals surface area contributed by atoms with Gasteiger partial charge in [-0.3, -0.25) is 0 Å². The molecular formula is C12H18N2O. The van der Waals surface area contributed by atoms with Crippen LogP contribution in [0.5, 0.6) is 0 Å². The maximum Gasteiger partial charge on any atom is 0.0601 e. The van der Waals surface area contributed by atoms with Crippen LogP contribution in [-0.4, -0.2) is 37.4 Å². The highest BCUT2D eigenvalue weighted by Crippen LogP contribution is 2.16. The maximum atomic E-state index is 9.11. The number of anilines is 1. The SMILES string of the molecule is Cc1ccc(N2CCNC(CO)C2)cc1. The minimum absolute atomic E-state index is 0.208. The van der Waals surface area contributed by atoms with Gasteiger partial charge in [0.15, 0.2) is 0 Å². The summed E-state index contributed by atoms with van der Waals surface area (Å²) < 4.78 is 0. The highest BCUT2D eigenvalue weighted by atomic mass is 16.3. The van der Waals surface area contributed by atoms with Crippen molar-refractivity contribution in [2.75, 3.05) is 31.1 Å². The van der Waals surface area contributed by atoms with Crippen molar-refractivity contribution < 1.29 is 5.11 Å². The molecular weight excluding hydrogens is 188 g/mol. The van der Waals surface area contributed by atoms with E-state index in [0.717, 1.165) is 19.6 Å². The smallest absolute Gasteiger partial charge is 0.0601 e. The first-order chi connectivity index (χ1) is 7.29. The van der Waals surface area contributed by atoms with Gasteiger partial charge in [0.1, 0.15) is 0 Å². The molecule has 0 bridgehead atoms. The molecule has 0 aliphatic carbocycles. The molecule has 15 heavy (non-hydrogen) atoms. The fourth-order valence-corrected chi connectivity index (χ4v) is 1.94. The number of piperazine rings is 1. The third-order valence-electron chi connectivity index (χ3n) is 2.88. The van der Waals surface area contributed by atoms with Gasteiger partial charge in [-0.15, -0.1) is 0 Å². The molecule has 0 radical (unpaired) electrons. The van der Waals surface area contributed by atoms with Crippen LogP contribution in [0.2, 0.25) is 0 Å². The molecule has 1 saturated heterocycles. The highest BCUT2D eigenvalue weighted by Gasteiger charge is 2.18. The lowest BCUT2D eigenvalue weighted by Crippen LogP contribution is -2.52. The first-order valence-corrected chi connectivity index (χ1v) is 5.45. The molecule has 0 spiro atoms. The summed E-state index contributed by atoms with van der Waals surface area (Å²) in [7, 11) is 0. The van der Waals surface area contributed by atoms with Crippen molar-refractivity contribution in [1.82, 2.24) is 5.32 Å². The van der Waals surface area contributed by atoms with Gasteiger partial charge in [-0.05, 0) is 19.1 Å². The van der Waals surface area contributed by atoms with E-state index >= 15 is 0 Å². The van der Waals surface area contributed by atoms with Gasteiger partial charge in [-0.2, -0.15) is 0 Å². The number of aliphatic hydroxyl groups is 1. The fraction of sp³-hybridized carbons (Fsp3) is 0.500. The minimum Gasteiger partial charge on any atom is -0.395 e. The zero-order valence-electron chi connectivity index (χ0n) is 9.11. The van der Waals surface area contributed by atoms with E-state index in [1.807, 2.05) is 0 Å². The normalized spacial score (nSPS) is 21.7. The van der Waals surface area contributed by atoms with Gasteiger partial charge in [0.2, 0.25) is 0 Å². The van der Waals surface area contributed by atoms with Gasteiger partial charge < -0.3 is 15.3 Å². The number of nitrogens with one attached hydrogen (secondary N) is 1. The molecule has 0 aromatic heterocycles. The molecule has 1 fully saturated rings. The summed E-state index contributed by atoms with van der Waals surface area (Å²) in [5.41, 5.74) is 2.54. The summed E-state index contributed by atoms with van der Waals surface area (Å²) in [5, 5.41) is 12.4. The summed E-state index contributed by atoms with van der Waals surface area (Å²) in [6.45, 7) is 5.15. The molecule has 0 saturated carbocycles. The largest absolute Gasteiger partial charge is 0.395 e. The predicted molar refractivity (Wildman–Crippen MR) is 62.3 cm³/mol. The molecule has 3 heteroatoms. The molecule has 1 aromatic carbocycles. The molecule has 2 rings (SSSR count). The van der Waals surface area contributed by atoms with Gasteiger partial charge >= 0.3 is 0 Å².